The van der Waals surface area contributed by atoms with E-state index in [1.807, 2.05) is 0 Å². The van der Waals surface area contributed by atoms with E-state index in [2.05, 4.69) is 0 Å². The molecule has 1 aromatic heterocycles. The quantitative estimate of drug-likeness (QED) is 0.596. The molecule has 1 aliphatic heterocycles. The van der Waals surface area contributed by atoms with Gasteiger partial charge in [-0.1, -0.05) is 11.6 Å². The Morgan fingerprint density at radius 2 is 2.00 bits per heavy atom. The van der Waals surface area contributed by atoms with E-state index >= 15 is 0 Å². The SMILES string of the molecule is CN(Cc1ccco1)C(=O)COC(=O)C1CCCN(S(=O)(=O)c2ccc(Cl)cc2)C1. The van der Waals surface area contributed by atoms with E-state index in [0.717, 1.165) is 0 Å². The minimum atomic E-state index is -3.74. The van der Waals surface area contributed by atoms with Crippen molar-refractivity contribution >= 4 is 33.5 Å². The van der Waals surface area contributed by atoms with Crippen molar-refractivity contribution in [3.05, 3.63) is 53.4 Å². The molecular formula is C20H23ClN2O6S. The number of hydrogen-bond donors (Lipinski definition) is 0. The zero-order valence-electron chi connectivity index (χ0n) is 16.5. The van der Waals surface area contributed by atoms with Gasteiger partial charge in [-0.25, -0.2) is 8.42 Å². The van der Waals surface area contributed by atoms with Gasteiger partial charge < -0.3 is 14.1 Å². The molecular weight excluding hydrogens is 432 g/mol. The molecule has 1 unspecified atom stereocenters. The van der Waals surface area contributed by atoms with E-state index < -0.39 is 28.5 Å². The van der Waals surface area contributed by atoms with Crippen LogP contribution in [-0.2, 0) is 30.9 Å². The number of rotatable bonds is 7. The van der Waals surface area contributed by atoms with Crippen molar-refractivity contribution in [3.63, 3.8) is 0 Å². The lowest BCUT2D eigenvalue weighted by Crippen LogP contribution is -2.43. The summed E-state index contributed by atoms with van der Waals surface area (Å²) in [6.45, 7) is 0.191. The van der Waals surface area contributed by atoms with Crippen LogP contribution in [0.1, 0.15) is 18.6 Å². The summed E-state index contributed by atoms with van der Waals surface area (Å²) in [5.41, 5.74) is 0. The van der Waals surface area contributed by atoms with Gasteiger partial charge in [0.15, 0.2) is 6.61 Å². The van der Waals surface area contributed by atoms with E-state index in [1.165, 1.54) is 39.7 Å². The number of esters is 1. The normalized spacial score (nSPS) is 17.5. The first kappa shape index (κ1) is 22.3. The highest BCUT2D eigenvalue weighted by molar-refractivity contribution is 7.89. The fourth-order valence-corrected chi connectivity index (χ4v) is 4.84. The number of nitrogens with zero attached hydrogens (tertiary/aromatic N) is 2. The third-order valence-corrected chi connectivity index (χ3v) is 7.04. The number of hydrogen-bond acceptors (Lipinski definition) is 6. The number of carbonyl (C=O) groups excluding carboxylic acids is 2. The molecule has 2 heterocycles. The van der Waals surface area contributed by atoms with Crippen LogP contribution in [0.3, 0.4) is 0 Å². The Morgan fingerprint density at radius 1 is 1.27 bits per heavy atom. The number of amides is 1. The fraction of sp³-hybridized carbons (Fsp3) is 0.400. The molecule has 1 atom stereocenters. The summed E-state index contributed by atoms with van der Waals surface area (Å²) >= 11 is 5.83. The molecule has 0 radical (unpaired) electrons. The van der Waals surface area contributed by atoms with Crippen LogP contribution >= 0.6 is 11.6 Å². The monoisotopic (exact) mass is 454 g/mol. The minimum Gasteiger partial charge on any atom is -0.467 e. The van der Waals surface area contributed by atoms with Crippen molar-refractivity contribution < 1.29 is 27.2 Å². The van der Waals surface area contributed by atoms with Gasteiger partial charge in [0.25, 0.3) is 5.91 Å². The molecule has 10 heteroatoms. The summed E-state index contributed by atoms with van der Waals surface area (Å²) in [7, 11) is -2.15. The molecule has 30 heavy (non-hydrogen) atoms. The van der Waals surface area contributed by atoms with Crippen molar-refractivity contribution in [2.45, 2.75) is 24.3 Å². The second-order valence-electron chi connectivity index (χ2n) is 7.09. The zero-order valence-corrected chi connectivity index (χ0v) is 18.1. The highest BCUT2D eigenvalue weighted by atomic mass is 35.5. The Labute approximate surface area is 180 Å². The van der Waals surface area contributed by atoms with Crippen molar-refractivity contribution in [1.82, 2.24) is 9.21 Å². The molecule has 1 saturated heterocycles. The number of halogens is 1. The lowest BCUT2D eigenvalue weighted by Gasteiger charge is -2.30. The smallest absolute Gasteiger partial charge is 0.310 e. The van der Waals surface area contributed by atoms with Crippen LogP contribution in [-0.4, -0.2) is 56.2 Å². The van der Waals surface area contributed by atoms with Crippen molar-refractivity contribution in [1.29, 1.82) is 0 Å². The van der Waals surface area contributed by atoms with E-state index in [9.17, 15) is 18.0 Å². The predicted molar refractivity (Wildman–Crippen MR) is 109 cm³/mol. The van der Waals surface area contributed by atoms with Gasteiger partial charge in [-0.05, 0) is 49.2 Å². The van der Waals surface area contributed by atoms with Crippen LogP contribution < -0.4 is 0 Å². The largest absolute Gasteiger partial charge is 0.467 e. The van der Waals surface area contributed by atoms with E-state index in [1.54, 1.807) is 19.2 Å². The van der Waals surface area contributed by atoms with Gasteiger partial charge in [0.2, 0.25) is 10.0 Å². The lowest BCUT2D eigenvalue weighted by molar-refractivity contribution is -0.156. The van der Waals surface area contributed by atoms with Gasteiger partial charge in [0.1, 0.15) is 5.76 Å². The molecule has 1 aromatic carbocycles. The summed E-state index contributed by atoms with van der Waals surface area (Å²) in [4.78, 5) is 26.1. The van der Waals surface area contributed by atoms with Crippen LogP contribution in [0.5, 0.6) is 0 Å². The molecule has 1 aliphatic rings. The molecule has 2 aromatic rings. The fourth-order valence-electron chi connectivity index (χ4n) is 3.19. The van der Waals surface area contributed by atoms with E-state index in [4.69, 9.17) is 20.8 Å². The molecule has 3 rings (SSSR count). The molecule has 0 aliphatic carbocycles. The van der Waals surface area contributed by atoms with Crippen LogP contribution in [0.2, 0.25) is 5.02 Å². The topological polar surface area (TPSA) is 97.1 Å². The summed E-state index contributed by atoms with van der Waals surface area (Å²) in [6, 6.07) is 9.36. The zero-order chi connectivity index (χ0) is 21.7. The maximum atomic E-state index is 12.8. The number of ether oxygens (including phenoxy) is 1. The average Bonchev–Trinajstić information content (AvgIpc) is 3.25. The molecule has 0 saturated carbocycles. The molecule has 8 nitrogen and oxygen atoms in total. The maximum absolute atomic E-state index is 12.8. The molecule has 0 N–H and O–H groups in total. The van der Waals surface area contributed by atoms with Crippen molar-refractivity contribution in [2.24, 2.45) is 5.92 Å². The third kappa shape index (κ3) is 5.41. The van der Waals surface area contributed by atoms with E-state index in [-0.39, 0.29) is 23.9 Å². The average molecular weight is 455 g/mol. The summed E-state index contributed by atoms with van der Waals surface area (Å²) < 4.78 is 37.3. The molecule has 1 fully saturated rings. The number of benzene rings is 1. The summed E-state index contributed by atoms with van der Waals surface area (Å²) in [6.07, 6.45) is 2.54. The Bertz CT molecular complexity index is 975. The second kappa shape index (κ2) is 9.63. The molecule has 0 bridgehead atoms. The summed E-state index contributed by atoms with van der Waals surface area (Å²) in [5.74, 6) is -0.955. The first-order valence-electron chi connectivity index (χ1n) is 9.46. The highest BCUT2D eigenvalue weighted by Crippen LogP contribution is 2.25. The van der Waals surface area contributed by atoms with Gasteiger partial charge >= 0.3 is 5.97 Å². The highest BCUT2D eigenvalue weighted by Gasteiger charge is 2.34. The first-order chi connectivity index (χ1) is 14.3. The lowest BCUT2D eigenvalue weighted by atomic mass is 10.00. The molecule has 0 spiro atoms. The Balaban J connectivity index is 1.55. The summed E-state index contributed by atoms with van der Waals surface area (Å²) in [5, 5.41) is 0.440. The Hall–Kier alpha value is -2.36. The number of furan rings is 1. The minimum absolute atomic E-state index is 0.0141. The third-order valence-electron chi connectivity index (χ3n) is 4.91. The predicted octanol–water partition coefficient (Wildman–Crippen LogP) is 2.54. The number of carbonyl (C=O) groups is 2. The van der Waals surface area contributed by atoms with Crippen LogP contribution in [0.25, 0.3) is 0 Å². The van der Waals surface area contributed by atoms with Crippen molar-refractivity contribution in [3.8, 4) is 0 Å². The van der Waals surface area contributed by atoms with Crippen LogP contribution in [0.4, 0.5) is 0 Å². The molecule has 1 amide bonds. The number of sulfonamides is 1. The van der Waals surface area contributed by atoms with Gasteiger partial charge in [-0.2, -0.15) is 4.31 Å². The maximum Gasteiger partial charge on any atom is 0.310 e. The number of likely N-dealkylation sites (N-methyl/N-ethyl adjacent to an activating group) is 1. The second-order valence-corrected chi connectivity index (χ2v) is 9.47. The standard InChI is InChI=1S/C20H23ClN2O6S/c1-22(13-17-5-3-11-28-17)19(24)14-29-20(25)15-4-2-10-23(12-15)30(26,27)18-8-6-16(21)7-9-18/h3,5-9,11,15H,2,4,10,12-14H2,1H3. The van der Waals surface area contributed by atoms with Crippen molar-refractivity contribution in [2.75, 3.05) is 26.7 Å². The Kier molecular flexibility index (Phi) is 7.17. The van der Waals surface area contributed by atoms with Gasteiger partial charge in [-0.15, -0.1) is 0 Å². The molecule has 162 valence electrons. The van der Waals surface area contributed by atoms with Gasteiger partial charge in [-0.3, -0.25) is 9.59 Å². The van der Waals surface area contributed by atoms with Gasteiger partial charge in [0.05, 0.1) is 23.6 Å². The first-order valence-corrected chi connectivity index (χ1v) is 11.3. The van der Waals surface area contributed by atoms with Gasteiger partial charge in [0, 0.05) is 25.2 Å². The van der Waals surface area contributed by atoms with E-state index in [0.29, 0.717) is 30.2 Å². The number of piperidine rings is 1. The van der Waals surface area contributed by atoms with Crippen LogP contribution in [0, 0.1) is 5.92 Å². The Morgan fingerprint density at radius 3 is 2.67 bits per heavy atom. The van der Waals surface area contributed by atoms with Crippen LogP contribution in [0.15, 0.2) is 52.0 Å².